The molecule has 0 bridgehead atoms. The third kappa shape index (κ3) is 6.07. The van der Waals surface area contributed by atoms with Gasteiger partial charge in [0.15, 0.2) is 0 Å². The van der Waals surface area contributed by atoms with Crippen molar-refractivity contribution in [3.8, 4) is 0 Å². The third-order valence-corrected chi connectivity index (χ3v) is 2.04. The van der Waals surface area contributed by atoms with Gasteiger partial charge in [0.1, 0.15) is 13.1 Å². The molecular formula is C11H20N2O5. The minimum absolute atomic E-state index is 0.229. The molecule has 0 spiro atoms. The quantitative estimate of drug-likeness (QED) is 0.699. The van der Waals surface area contributed by atoms with Crippen molar-refractivity contribution in [1.29, 1.82) is 0 Å². The van der Waals surface area contributed by atoms with Gasteiger partial charge in [0.05, 0.1) is 6.61 Å². The maximum absolute atomic E-state index is 11.8. The van der Waals surface area contributed by atoms with Crippen LogP contribution in [0.15, 0.2) is 0 Å². The molecule has 7 nitrogen and oxygen atoms in total. The van der Waals surface area contributed by atoms with Crippen LogP contribution in [0.1, 0.15) is 27.7 Å². The summed E-state index contributed by atoms with van der Waals surface area (Å²) < 4.78 is 4.65. The molecule has 0 aromatic rings. The van der Waals surface area contributed by atoms with Crippen LogP contribution in [0.25, 0.3) is 0 Å². The SMILES string of the molecule is CCOC(=O)CNC(=O)N(CC(=O)O)C(C)(C)C. The molecule has 0 aliphatic rings. The van der Waals surface area contributed by atoms with Crippen molar-refractivity contribution < 1.29 is 24.2 Å². The first-order chi connectivity index (χ1) is 8.18. The Morgan fingerprint density at radius 2 is 1.83 bits per heavy atom. The van der Waals surface area contributed by atoms with Gasteiger partial charge < -0.3 is 20.1 Å². The molecule has 0 unspecified atom stereocenters. The molecule has 2 amide bonds. The molecule has 0 aromatic heterocycles. The molecule has 0 rings (SSSR count). The summed E-state index contributed by atoms with van der Waals surface area (Å²) in [5.74, 6) is -1.67. The summed E-state index contributed by atoms with van der Waals surface area (Å²) in [5, 5.41) is 11.1. The van der Waals surface area contributed by atoms with Gasteiger partial charge >= 0.3 is 18.0 Å². The Morgan fingerprint density at radius 1 is 1.28 bits per heavy atom. The van der Waals surface area contributed by atoms with Crippen LogP contribution >= 0.6 is 0 Å². The van der Waals surface area contributed by atoms with Crippen molar-refractivity contribution in [1.82, 2.24) is 10.2 Å². The van der Waals surface area contributed by atoms with Crippen molar-refractivity contribution in [3.63, 3.8) is 0 Å². The topological polar surface area (TPSA) is 95.9 Å². The first-order valence-electron chi connectivity index (χ1n) is 5.61. The van der Waals surface area contributed by atoms with Crippen LogP contribution in [-0.4, -0.2) is 53.2 Å². The zero-order valence-electron chi connectivity index (χ0n) is 11.1. The zero-order valence-corrected chi connectivity index (χ0v) is 11.1. The molecular weight excluding hydrogens is 240 g/mol. The van der Waals surface area contributed by atoms with Crippen LogP contribution < -0.4 is 5.32 Å². The molecule has 0 atom stereocenters. The molecule has 0 fully saturated rings. The van der Waals surface area contributed by atoms with Crippen LogP contribution in [0.3, 0.4) is 0 Å². The van der Waals surface area contributed by atoms with Gasteiger partial charge in [0.25, 0.3) is 0 Å². The summed E-state index contributed by atoms with van der Waals surface area (Å²) in [4.78, 5) is 34.7. The van der Waals surface area contributed by atoms with Gasteiger partial charge in [-0.15, -0.1) is 0 Å². The van der Waals surface area contributed by atoms with Crippen LogP contribution in [-0.2, 0) is 14.3 Å². The van der Waals surface area contributed by atoms with Gasteiger partial charge in [-0.3, -0.25) is 9.59 Å². The number of hydrogen-bond acceptors (Lipinski definition) is 4. The summed E-state index contributed by atoms with van der Waals surface area (Å²) >= 11 is 0. The summed E-state index contributed by atoms with van der Waals surface area (Å²) in [7, 11) is 0. The van der Waals surface area contributed by atoms with E-state index in [9.17, 15) is 14.4 Å². The number of carboxylic acids is 1. The van der Waals surface area contributed by atoms with Gasteiger partial charge in [-0.1, -0.05) is 0 Å². The third-order valence-electron chi connectivity index (χ3n) is 2.04. The van der Waals surface area contributed by atoms with Crippen LogP contribution in [0.2, 0.25) is 0 Å². The standard InChI is InChI=1S/C11H20N2O5/c1-5-18-9(16)6-12-10(17)13(7-8(14)15)11(2,3)4/h5-7H2,1-4H3,(H,12,17)(H,14,15). The molecule has 0 radical (unpaired) electrons. The Morgan fingerprint density at radius 3 is 2.22 bits per heavy atom. The monoisotopic (exact) mass is 260 g/mol. The number of carbonyl (C=O) groups is 3. The van der Waals surface area contributed by atoms with Gasteiger partial charge in [0, 0.05) is 5.54 Å². The lowest BCUT2D eigenvalue weighted by atomic mass is 10.1. The predicted molar refractivity (Wildman–Crippen MR) is 64.1 cm³/mol. The van der Waals surface area contributed by atoms with Crippen molar-refractivity contribution in [2.24, 2.45) is 0 Å². The average Bonchev–Trinajstić information content (AvgIpc) is 2.21. The predicted octanol–water partition coefficient (Wildman–Crippen LogP) is 0.444. The van der Waals surface area contributed by atoms with Crippen molar-refractivity contribution in [3.05, 3.63) is 0 Å². The first-order valence-corrected chi connectivity index (χ1v) is 5.61. The molecule has 0 aliphatic carbocycles. The number of hydrogen-bond donors (Lipinski definition) is 2. The molecule has 0 aliphatic heterocycles. The van der Waals surface area contributed by atoms with E-state index in [1.807, 2.05) is 0 Å². The summed E-state index contributed by atoms with van der Waals surface area (Å²) in [5.41, 5.74) is -0.656. The Kier molecular flexibility index (Phi) is 6.15. The van der Waals surface area contributed by atoms with E-state index < -0.39 is 30.1 Å². The normalized spacial score (nSPS) is 10.7. The van der Waals surface area contributed by atoms with E-state index in [4.69, 9.17) is 5.11 Å². The Balaban J connectivity index is 4.49. The Hall–Kier alpha value is -1.79. The number of carboxylic acid groups (broad SMARTS) is 1. The highest BCUT2D eigenvalue weighted by Gasteiger charge is 2.28. The number of nitrogens with zero attached hydrogens (tertiary/aromatic N) is 1. The minimum atomic E-state index is -1.11. The van der Waals surface area contributed by atoms with E-state index in [2.05, 4.69) is 10.1 Å². The van der Waals surface area contributed by atoms with Gasteiger partial charge in [0.2, 0.25) is 0 Å². The van der Waals surface area contributed by atoms with E-state index in [0.717, 1.165) is 4.90 Å². The van der Waals surface area contributed by atoms with Gasteiger partial charge in [-0.25, -0.2) is 4.79 Å². The fraction of sp³-hybridized carbons (Fsp3) is 0.727. The number of amides is 2. The Bertz CT molecular complexity index is 322. The first kappa shape index (κ1) is 16.2. The zero-order chi connectivity index (χ0) is 14.3. The molecule has 0 saturated heterocycles. The van der Waals surface area contributed by atoms with E-state index in [1.165, 1.54) is 0 Å². The number of nitrogens with one attached hydrogen (secondary N) is 1. The molecule has 0 aromatic carbocycles. The molecule has 0 heterocycles. The molecule has 104 valence electrons. The molecule has 2 N–H and O–H groups in total. The van der Waals surface area contributed by atoms with Gasteiger partial charge in [-0.2, -0.15) is 0 Å². The number of esters is 1. The second-order valence-corrected chi connectivity index (χ2v) is 4.61. The smallest absolute Gasteiger partial charge is 0.325 e. The van der Waals surface area contributed by atoms with E-state index in [0.29, 0.717) is 0 Å². The summed E-state index contributed by atoms with van der Waals surface area (Å²) in [6, 6.07) is -0.613. The second-order valence-electron chi connectivity index (χ2n) is 4.61. The minimum Gasteiger partial charge on any atom is -0.480 e. The number of urea groups is 1. The number of rotatable bonds is 5. The fourth-order valence-corrected chi connectivity index (χ4v) is 1.20. The maximum Gasteiger partial charge on any atom is 0.325 e. The van der Waals surface area contributed by atoms with E-state index in [1.54, 1.807) is 27.7 Å². The van der Waals surface area contributed by atoms with Gasteiger partial charge in [-0.05, 0) is 27.7 Å². The fourth-order valence-electron chi connectivity index (χ4n) is 1.20. The maximum atomic E-state index is 11.8. The highest BCUT2D eigenvalue weighted by Crippen LogP contribution is 2.12. The summed E-state index contributed by atoms with van der Waals surface area (Å²) in [6.45, 7) is 6.30. The average molecular weight is 260 g/mol. The molecule has 18 heavy (non-hydrogen) atoms. The largest absolute Gasteiger partial charge is 0.480 e. The highest BCUT2D eigenvalue weighted by atomic mass is 16.5. The van der Waals surface area contributed by atoms with Crippen LogP contribution in [0, 0.1) is 0 Å². The van der Waals surface area contributed by atoms with Crippen molar-refractivity contribution in [2.75, 3.05) is 19.7 Å². The van der Waals surface area contributed by atoms with E-state index in [-0.39, 0.29) is 13.2 Å². The summed E-state index contributed by atoms with van der Waals surface area (Å²) in [6.07, 6.45) is 0. The molecule has 7 heteroatoms. The Labute approximate surface area is 106 Å². The number of aliphatic carboxylic acids is 1. The lowest BCUT2D eigenvalue weighted by Crippen LogP contribution is -2.53. The van der Waals surface area contributed by atoms with E-state index >= 15 is 0 Å². The number of ether oxygens (including phenoxy) is 1. The van der Waals surface area contributed by atoms with Crippen LogP contribution in [0.5, 0.6) is 0 Å². The van der Waals surface area contributed by atoms with Crippen molar-refractivity contribution >= 4 is 18.0 Å². The lowest BCUT2D eigenvalue weighted by molar-refractivity contribution is -0.141. The second kappa shape index (κ2) is 6.83. The van der Waals surface area contributed by atoms with Crippen molar-refractivity contribution in [2.45, 2.75) is 33.2 Å². The molecule has 0 saturated carbocycles. The highest BCUT2D eigenvalue weighted by molar-refractivity contribution is 5.84. The number of carbonyl (C=O) groups excluding carboxylic acids is 2. The van der Waals surface area contributed by atoms with Crippen LogP contribution in [0.4, 0.5) is 4.79 Å². The lowest BCUT2D eigenvalue weighted by Gasteiger charge is -2.34.